The zero-order chi connectivity index (χ0) is 21.4. The average molecular weight is 422 g/mol. The Morgan fingerprint density at radius 2 is 1.50 bits per heavy atom. The van der Waals surface area contributed by atoms with Crippen molar-refractivity contribution in [1.29, 1.82) is 0 Å². The monoisotopic (exact) mass is 421 g/mol. The van der Waals surface area contributed by atoms with Gasteiger partial charge in [-0.2, -0.15) is 0 Å². The summed E-state index contributed by atoms with van der Waals surface area (Å²) in [6.45, 7) is 2.35. The van der Waals surface area contributed by atoms with Gasteiger partial charge >= 0.3 is 0 Å². The SMILES string of the molecule is Cc1cccc(-c2cccc(CNC(=O)CS(=O)(=O)CCCc3ccccc3)c2)c1. The molecule has 0 saturated carbocycles. The summed E-state index contributed by atoms with van der Waals surface area (Å²) in [5.74, 6) is -0.923. The van der Waals surface area contributed by atoms with Crippen LogP contribution < -0.4 is 5.32 Å². The summed E-state index contributed by atoms with van der Waals surface area (Å²) in [6.07, 6.45) is 1.20. The topological polar surface area (TPSA) is 63.2 Å². The van der Waals surface area contributed by atoms with Crippen molar-refractivity contribution in [2.75, 3.05) is 11.5 Å². The van der Waals surface area contributed by atoms with Gasteiger partial charge in [0.25, 0.3) is 0 Å². The molecule has 1 N–H and O–H groups in total. The van der Waals surface area contributed by atoms with Gasteiger partial charge in [0.1, 0.15) is 5.75 Å². The van der Waals surface area contributed by atoms with E-state index >= 15 is 0 Å². The minimum atomic E-state index is -3.42. The van der Waals surface area contributed by atoms with Crippen LogP contribution in [0.2, 0.25) is 0 Å². The molecule has 30 heavy (non-hydrogen) atoms. The second-order valence-electron chi connectivity index (χ2n) is 7.53. The molecule has 0 aliphatic rings. The van der Waals surface area contributed by atoms with E-state index in [1.807, 2.05) is 79.7 Å². The van der Waals surface area contributed by atoms with Crippen molar-refractivity contribution in [3.63, 3.8) is 0 Å². The lowest BCUT2D eigenvalue weighted by atomic mass is 10.0. The maximum absolute atomic E-state index is 12.3. The quantitative estimate of drug-likeness (QED) is 0.559. The Morgan fingerprint density at radius 1 is 0.833 bits per heavy atom. The van der Waals surface area contributed by atoms with E-state index < -0.39 is 21.5 Å². The van der Waals surface area contributed by atoms with E-state index in [2.05, 4.69) is 11.4 Å². The number of rotatable bonds is 9. The Balaban J connectivity index is 1.49. The highest BCUT2D eigenvalue weighted by Gasteiger charge is 2.16. The van der Waals surface area contributed by atoms with Gasteiger partial charge in [0, 0.05) is 6.54 Å². The van der Waals surface area contributed by atoms with Gasteiger partial charge in [-0.25, -0.2) is 8.42 Å². The maximum atomic E-state index is 12.3. The van der Waals surface area contributed by atoms with Crippen molar-refractivity contribution in [1.82, 2.24) is 5.32 Å². The number of hydrogen-bond acceptors (Lipinski definition) is 3. The molecule has 0 bridgehead atoms. The normalized spacial score (nSPS) is 11.2. The molecule has 0 radical (unpaired) electrons. The molecule has 3 aromatic carbocycles. The summed E-state index contributed by atoms with van der Waals surface area (Å²) in [5.41, 5.74) is 5.40. The summed E-state index contributed by atoms with van der Waals surface area (Å²) in [5, 5.41) is 2.74. The van der Waals surface area contributed by atoms with Crippen molar-refractivity contribution in [2.24, 2.45) is 0 Å². The summed E-state index contributed by atoms with van der Waals surface area (Å²) >= 11 is 0. The molecule has 156 valence electrons. The molecule has 0 unspecified atom stereocenters. The predicted molar refractivity (Wildman–Crippen MR) is 122 cm³/mol. The molecule has 0 heterocycles. The first-order valence-electron chi connectivity index (χ1n) is 10.1. The fourth-order valence-corrected chi connectivity index (χ4v) is 4.58. The van der Waals surface area contributed by atoms with Crippen molar-refractivity contribution >= 4 is 15.7 Å². The van der Waals surface area contributed by atoms with Crippen molar-refractivity contribution < 1.29 is 13.2 Å². The van der Waals surface area contributed by atoms with Crippen LogP contribution in [0.3, 0.4) is 0 Å². The van der Waals surface area contributed by atoms with Crippen LogP contribution in [0.25, 0.3) is 11.1 Å². The predicted octanol–water partition coefficient (Wildman–Crippen LogP) is 4.33. The molecular formula is C25H27NO3S. The Hall–Kier alpha value is -2.92. The summed E-state index contributed by atoms with van der Waals surface area (Å²) in [7, 11) is -3.42. The van der Waals surface area contributed by atoms with Gasteiger partial charge in [-0.3, -0.25) is 4.79 Å². The van der Waals surface area contributed by atoms with E-state index in [1.165, 1.54) is 5.56 Å². The number of aryl methyl sites for hydroxylation is 2. The molecule has 0 aliphatic heterocycles. The van der Waals surface area contributed by atoms with Crippen LogP contribution in [0.15, 0.2) is 78.9 Å². The number of nitrogens with one attached hydrogen (secondary N) is 1. The van der Waals surface area contributed by atoms with Crippen molar-refractivity contribution in [3.05, 3.63) is 95.6 Å². The molecule has 0 spiro atoms. The molecule has 0 saturated heterocycles. The zero-order valence-electron chi connectivity index (χ0n) is 17.2. The van der Waals surface area contributed by atoms with Gasteiger partial charge in [0.05, 0.1) is 5.75 Å². The number of carbonyl (C=O) groups excluding carboxylic acids is 1. The Labute approximate surface area is 178 Å². The third kappa shape index (κ3) is 6.85. The second-order valence-corrected chi connectivity index (χ2v) is 9.71. The highest BCUT2D eigenvalue weighted by Crippen LogP contribution is 2.21. The van der Waals surface area contributed by atoms with E-state index in [-0.39, 0.29) is 5.75 Å². The molecule has 3 aromatic rings. The average Bonchev–Trinajstić information content (AvgIpc) is 2.73. The first kappa shape index (κ1) is 21.8. The smallest absolute Gasteiger partial charge is 0.235 e. The lowest BCUT2D eigenvalue weighted by Crippen LogP contribution is -2.31. The molecule has 4 nitrogen and oxygen atoms in total. The fraction of sp³-hybridized carbons (Fsp3) is 0.240. The van der Waals surface area contributed by atoms with Crippen LogP contribution in [-0.2, 0) is 27.6 Å². The Kier molecular flexibility index (Phi) is 7.41. The Bertz CT molecular complexity index is 1090. The molecule has 0 atom stereocenters. The molecule has 5 heteroatoms. The highest BCUT2D eigenvalue weighted by atomic mass is 32.2. The number of hydrogen-bond donors (Lipinski definition) is 1. The summed E-state index contributed by atoms with van der Waals surface area (Å²) < 4.78 is 24.5. The standard InChI is InChI=1S/C25H27NO3S/c1-20-8-5-13-23(16-20)24-14-6-11-22(17-24)18-26-25(27)19-30(28,29)15-7-12-21-9-3-2-4-10-21/h2-6,8-11,13-14,16-17H,7,12,15,18-19H2,1H3,(H,26,27). The van der Waals surface area contributed by atoms with Crippen molar-refractivity contribution in [2.45, 2.75) is 26.3 Å². The molecule has 0 fully saturated rings. The van der Waals surface area contributed by atoms with Crippen LogP contribution in [0, 0.1) is 6.92 Å². The summed E-state index contributed by atoms with van der Waals surface area (Å²) in [4.78, 5) is 12.2. The van der Waals surface area contributed by atoms with Gasteiger partial charge in [-0.05, 0) is 48.1 Å². The van der Waals surface area contributed by atoms with Crippen LogP contribution in [-0.4, -0.2) is 25.8 Å². The van der Waals surface area contributed by atoms with E-state index in [4.69, 9.17) is 0 Å². The van der Waals surface area contributed by atoms with E-state index in [0.29, 0.717) is 19.4 Å². The Morgan fingerprint density at radius 3 is 2.23 bits per heavy atom. The zero-order valence-corrected chi connectivity index (χ0v) is 18.0. The first-order valence-corrected chi connectivity index (χ1v) is 11.9. The van der Waals surface area contributed by atoms with Crippen LogP contribution in [0.1, 0.15) is 23.1 Å². The maximum Gasteiger partial charge on any atom is 0.235 e. The minimum absolute atomic E-state index is 0.0121. The van der Waals surface area contributed by atoms with Crippen molar-refractivity contribution in [3.8, 4) is 11.1 Å². The third-order valence-corrected chi connectivity index (χ3v) is 6.50. The minimum Gasteiger partial charge on any atom is -0.351 e. The molecule has 0 aromatic heterocycles. The molecule has 3 rings (SSSR count). The van der Waals surface area contributed by atoms with Gasteiger partial charge in [-0.1, -0.05) is 78.4 Å². The highest BCUT2D eigenvalue weighted by molar-refractivity contribution is 7.92. The number of sulfone groups is 1. The van der Waals surface area contributed by atoms with Crippen LogP contribution in [0.4, 0.5) is 0 Å². The van der Waals surface area contributed by atoms with Gasteiger partial charge in [-0.15, -0.1) is 0 Å². The van der Waals surface area contributed by atoms with Gasteiger partial charge in [0.15, 0.2) is 9.84 Å². The van der Waals surface area contributed by atoms with Gasteiger partial charge in [0.2, 0.25) is 5.91 Å². The lowest BCUT2D eigenvalue weighted by Gasteiger charge is -2.09. The molecule has 1 amide bonds. The number of carbonyl (C=O) groups is 1. The van der Waals surface area contributed by atoms with E-state index in [0.717, 1.165) is 22.3 Å². The first-order chi connectivity index (χ1) is 14.4. The van der Waals surface area contributed by atoms with E-state index in [1.54, 1.807) is 0 Å². The number of benzene rings is 3. The largest absolute Gasteiger partial charge is 0.351 e. The third-order valence-electron chi connectivity index (χ3n) is 4.88. The summed E-state index contributed by atoms with van der Waals surface area (Å²) in [6, 6.07) is 25.9. The second kappa shape index (κ2) is 10.2. The lowest BCUT2D eigenvalue weighted by molar-refractivity contribution is -0.118. The van der Waals surface area contributed by atoms with Crippen LogP contribution in [0.5, 0.6) is 0 Å². The number of amides is 1. The van der Waals surface area contributed by atoms with Crippen LogP contribution >= 0.6 is 0 Å². The molecular weight excluding hydrogens is 394 g/mol. The molecule has 0 aliphatic carbocycles. The van der Waals surface area contributed by atoms with E-state index in [9.17, 15) is 13.2 Å². The van der Waals surface area contributed by atoms with Gasteiger partial charge < -0.3 is 5.32 Å². The fourth-order valence-electron chi connectivity index (χ4n) is 3.35.